The highest BCUT2D eigenvalue weighted by molar-refractivity contribution is 7.18. The summed E-state index contributed by atoms with van der Waals surface area (Å²) < 4.78 is 6.11. The van der Waals surface area contributed by atoms with Gasteiger partial charge in [0.15, 0.2) is 0 Å². The second kappa shape index (κ2) is 4.96. The summed E-state index contributed by atoms with van der Waals surface area (Å²) in [6.07, 6.45) is 5.02. The molecule has 1 aliphatic rings. The van der Waals surface area contributed by atoms with E-state index >= 15 is 0 Å². The molecule has 0 aromatic carbocycles. The molecular formula is C14H19N3OS. The molecule has 0 bridgehead atoms. The maximum atomic E-state index is 6.11. The summed E-state index contributed by atoms with van der Waals surface area (Å²) in [7, 11) is 0. The van der Waals surface area contributed by atoms with E-state index in [9.17, 15) is 0 Å². The molecule has 2 heterocycles. The number of nitrogens with zero attached hydrogens (tertiary/aromatic N) is 2. The number of nitrogen functional groups attached to an aromatic ring is 1. The first-order chi connectivity index (χ1) is 9.11. The van der Waals surface area contributed by atoms with E-state index in [0.717, 1.165) is 29.0 Å². The van der Waals surface area contributed by atoms with Crippen LogP contribution in [0.2, 0.25) is 0 Å². The van der Waals surface area contributed by atoms with Crippen molar-refractivity contribution in [3.63, 3.8) is 0 Å². The van der Waals surface area contributed by atoms with Gasteiger partial charge in [-0.3, -0.25) is 0 Å². The number of aryl methyl sites for hydroxylation is 1. The Kier molecular flexibility index (Phi) is 3.31. The van der Waals surface area contributed by atoms with Crippen LogP contribution in [-0.2, 0) is 0 Å². The number of ether oxygens (including phenoxy) is 1. The largest absolute Gasteiger partial charge is 0.474 e. The first kappa shape index (κ1) is 12.7. The van der Waals surface area contributed by atoms with Crippen molar-refractivity contribution in [2.45, 2.75) is 45.6 Å². The van der Waals surface area contributed by atoms with Gasteiger partial charge in [0.1, 0.15) is 10.9 Å². The highest BCUT2D eigenvalue weighted by Crippen LogP contribution is 2.33. The molecule has 1 aliphatic carbocycles. The zero-order valence-electron chi connectivity index (χ0n) is 11.3. The maximum absolute atomic E-state index is 6.11. The number of rotatable bonds is 2. The summed E-state index contributed by atoms with van der Waals surface area (Å²) in [6.45, 7) is 4.35. The lowest BCUT2D eigenvalue weighted by atomic mass is 9.89. The molecule has 0 radical (unpaired) electrons. The van der Waals surface area contributed by atoms with Gasteiger partial charge in [0.25, 0.3) is 0 Å². The van der Waals surface area contributed by atoms with Crippen molar-refractivity contribution in [3.05, 3.63) is 10.9 Å². The average Bonchev–Trinajstić information content (AvgIpc) is 2.69. The van der Waals surface area contributed by atoms with Crippen LogP contribution in [0, 0.1) is 12.8 Å². The highest BCUT2D eigenvalue weighted by Gasteiger charge is 2.22. The minimum Gasteiger partial charge on any atom is -0.474 e. The van der Waals surface area contributed by atoms with Crippen LogP contribution in [0.25, 0.3) is 10.2 Å². The van der Waals surface area contributed by atoms with Crippen LogP contribution in [-0.4, -0.2) is 16.1 Å². The Hall–Kier alpha value is -1.36. The quantitative estimate of drug-likeness (QED) is 0.912. The second-order valence-electron chi connectivity index (χ2n) is 5.47. The number of aromatic nitrogens is 2. The van der Waals surface area contributed by atoms with Crippen LogP contribution >= 0.6 is 11.3 Å². The molecule has 2 aromatic rings. The maximum Gasteiger partial charge on any atom is 0.227 e. The Morgan fingerprint density at radius 1 is 1.37 bits per heavy atom. The Bertz CT molecular complexity index is 596. The Labute approximate surface area is 117 Å². The normalized spacial score (nSPS) is 23.7. The van der Waals surface area contributed by atoms with Gasteiger partial charge in [0.2, 0.25) is 11.8 Å². The Balaban J connectivity index is 1.91. The minimum atomic E-state index is 0.265. The fourth-order valence-corrected chi connectivity index (χ4v) is 3.64. The number of hydrogen-bond acceptors (Lipinski definition) is 5. The standard InChI is InChI=1S/C14H19N3OS/c1-8-4-3-5-10(6-8)18-12-11-7-9(2)19-13(11)17-14(15)16-12/h7-8,10H,3-6H2,1-2H3,(H2,15,16,17). The van der Waals surface area contributed by atoms with Crippen molar-refractivity contribution in [3.8, 4) is 5.88 Å². The van der Waals surface area contributed by atoms with E-state index in [-0.39, 0.29) is 6.10 Å². The first-order valence-corrected chi connectivity index (χ1v) is 7.64. The molecule has 1 saturated carbocycles. The molecule has 2 aromatic heterocycles. The van der Waals surface area contributed by atoms with Gasteiger partial charge < -0.3 is 10.5 Å². The highest BCUT2D eigenvalue weighted by atomic mass is 32.1. The van der Waals surface area contributed by atoms with Crippen molar-refractivity contribution >= 4 is 27.5 Å². The van der Waals surface area contributed by atoms with E-state index in [0.29, 0.717) is 11.8 Å². The molecule has 0 aliphatic heterocycles. The van der Waals surface area contributed by atoms with Gasteiger partial charge in [0.05, 0.1) is 5.39 Å². The molecule has 0 saturated heterocycles. The second-order valence-corrected chi connectivity index (χ2v) is 6.71. The summed E-state index contributed by atoms with van der Waals surface area (Å²) in [6, 6.07) is 2.08. The number of anilines is 1. The average molecular weight is 277 g/mol. The SMILES string of the molecule is Cc1cc2c(OC3CCCC(C)C3)nc(N)nc2s1. The van der Waals surface area contributed by atoms with E-state index in [1.807, 2.05) is 0 Å². The van der Waals surface area contributed by atoms with Crippen LogP contribution in [0.1, 0.15) is 37.5 Å². The van der Waals surface area contributed by atoms with Gasteiger partial charge in [-0.1, -0.05) is 13.3 Å². The molecule has 0 spiro atoms. The third kappa shape index (κ3) is 2.66. The molecule has 1 fully saturated rings. The van der Waals surface area contributed by atoms with E-state index in [1.54, 1.807) is 11.3 Å². The smallest absolute Gasteiger partial charge is 0.227 e. The minimum absolute atomic E-state index is 0.265. The van der Waals surface area contributed by atoms with Crippen molar-refractivity contribution in [1.29, 1.82) is 0 Å². The summed E-state index contributed by atoms with van der Waals surface area (Å²) in [4.78, 5) is 10.7. The molecule has 3 rings (SSSR count). The lowest BCUT2D eigenvalue weighted by molar-refractivity contribution is 0.126. The molecule has 19 heavy (non-hydrogen) atoms. The van der Waals surface area contributed by atoms with Crippen LogP contribution in [0.4, 0.5) is 5.95 Å². The third-order valence-electron chi connectivity index (χ3n) is 3.66. The molecule has 2 N–H and O–H groups in total. The van der Waals surface area contributed by atoms with Gasteiger partial charge in [-0.2, -0.15) is 4.98 Å². The molecular weight excluding hydrogens is 258 g/mol. The molecule has 5 heteroatoms. The topological polar surface area (TPSA) is 61.0 Å². The number of hydrogen-bond donors (Lipinski definition) is 1. The van der Waals surface area contributed by atoms with Gasteiger partial charge in [-0.15, -0.1) is 11.3 Å². The van der Waals surface area contributed by atoms with Crippen molar-refractivity contribution in [1.82, 2.24) is 9.97 Å². The number of thiophene rings is 1. The van der Waals surface area contributed by atoms with E-state index in [1.165, 1.54) is 17.7 Å². The van der Waals surface area contributed by atoms with Crippen LogP contribution in [0.3, 0.4) is 0 Å². The van der Waals surface area contributed by atoms with Crippen LogP contribution < -0.4 is 10.5 Å². The molecule has 2 atom stereocenters. The van der Waals surface area contributed by atoms with Crippen LogP contribution in [0.15, 0.2) is 6.07 Å². The summed E-state index contributed by atoms with van der Waals surface area (Å²) in [5.74, 6) is 1.69. The van der Waals surface area contributed by atoms with Gasteiger partial charge in [-0.25, -0.2) is 4.98 Å². The fourth-order valence-electron chi connectivity index (χ4n) is 2.76. The Morgan fingerprint density at radius 2 is 2.21 bits per heavy atom. The predicted molar refractivity (Wildman–Crippen MR) is 78.6 cm³/mol. The lowest BCUT2D eigenvalue weighted by Crippen LogP contribution is -2.24. The number of fused-ring (bicyclic) bond motifs is 1. The van der Waals surface area contributed by atoms with E-state index in [4.69, 9.17) is 10.5 Å². The Morgan fingerprint density at radius 3 is 3.00 bits per heavy atom. The van der Waals surface area contributed by atoms with Crippen molar-refractivity contribution in [2.75, 3.05) is 5.73 Å². The monoisotopic (exact) mass is 277 g/mol. The zero-order valence-corrected chi connectivity index (χ0v) is 12.2. The summed E-state index contributed by atoms with van der Waals surface area (Å²) in [5, 5.41) is 0.995. The van der Waals surface area contributed by atoms with Gasteiger partial charge in [0, 0.05) is 4.88 Å². The summed E-state index contributed by atoms with van der Waals surface area (Å²) in [5.41, 5.74) is 5.77. The van der Waals surface area contributed by atoms with Gasteiger partial charge in [-0.05, 0) is 38.2 Å². The fraction of sp³-hybridized carbons (Fsp3) is 0.571. The van der Waals surface area contributed by atoms with E-state index in [2.05, 4.69) is 29.9 Å². The zero-order chi connectivity index (χ0) is 13.4. The van der Waals surface area contributed by atoms with Gasteiger partial charge >= 0.3 is 0 Å². The van der Waals surface area contributed by atoms with Crippen molar-refractivity contribution < 1.29 is 4.74 Å². The predicted octanol–water partition coefficient (Wildman–Crippen LogP) is 3.54. The van der Waals surface area contributed by atoms with Crippen LogP contribution in [0.5, 0.6) is 5.88 Å². The number of nitrogens with two attached hydrogens (primary N) is 1. The molecule has 102 valence electrons. The lowest BCUT2D eigenvalue weighted by Gasteiger charge is -2.27. The summed E-state index contributed by atoms with van der Waals surface area (Å²) >= 11 is 1.63. The van der Waals surface area contributed by atoms with Crippen molar-refractivity contribution in [2.24, 2.45) is 5.92 Å². The molecule has 2 unspecified atom stereocenters. The first-order valence-electron chi connectivity index (χ1n) is 6.82. The molecule has 0 amide bonds. The third-order valence-corrected chi connectivity index (χ3v) is 4.61. The van der Waals surface area contributed by atoms with E-state index < -0.39 is 0 Å². The molecule has 4 nitrogen and oxygen atoms in total.